The Hall–Kier alpha value is -3.81. The summed E-state index contributed by atoms with van der Waals surface area (Å²) in [5.74, 6) is -0.932. The predicted octanol–water partition coefficient (Wildman–Crippen LogP) is 7.44. The third-order valence-corrected chi connectivity index (χ3v) is 6.89. The lowest BCUT2D eigenvalue weighted by Gasteiger charge is -2.31. The van der Waals surface area contributed by atoms with Gasteiger partial charge in [-0.1, -0.05) is 27.7 Å². The number of aliphatic imine (C=N–C) groups is 1. The number of oxazole rings is 2. The van der Waals surface area contributed by atoms with Crippen LogP contribution in [0.25, 0.3) is 11.1 Å². The van der Waals surface area contributed by atoms with E-state index >= 15 is 0 Å². The van der Waals surface area contributed by atoms with Crippen LogP contribution in [0.2, 0.25) is 0 Å². The highest BCUT2D eigenvalue weighted by Crippen LogP contribution is 2.35. The standard InChI is InChI=1S/C19H25F2N3O3.C8H4F3NO2.C2H6/c1-10-5-7-22-13-9-24(8-6-12(13)11(10)2)17(25)15-14(16(20)21)23-18(27-15)19(3,4)26;9-8(10,11)14-5-1-2-7-6(3-5)12-4-13-7;1-2/h7,10-11,16,26H,5-6,8-9H2,1-4H3;1-4H;1-2H3/t10?,11-;;/m0../s1. The maximum absolute atomic E-state index is 13.4. The van der Waals surface area contributed by atoms with Crippen molar-refractivity contribution in [1.29, 1.82) is 0 Å². The van der Waals surface area contributed by atoms with Crippen LogP contribution in [0.15, 0.2) is 49.7 Å². The number of ether oxygens (including phenoxy) is 1. The number of hydrogen-bond acceptors (Lipinski definition) is 8. The quantitative estimate of drug-likeness (QED) is 0.304. The van der Waals surface area contributed by atoms with Gasteiger partial charge in [0.05, 0.1) is 12.2 Å². The topological polar surface area (TPSA) is 114 Å². The van der Waals surface area contributed by atoms with Crippen LogP contribution < -0.4 is 4.74 Å². The lowest BCUT2D eigenvalue weighted by atomic mass is 9.83. The van der Waals surface area contributed by atoms with E-state index in [4.69, 9.17) is 8.83 Å². The zero-order valence-electron chi connectivity index (χ0n) is 24.7. The molecule has 0 saturated heterocycles. The molecule has 2 aliphatic rings. The fraction of sp³-hybridized carbons (Fsp3) is 0.517. The van der Waals surface area contributed by atoms with Crippen molar-refractivity contribution in [2.75, 3.05) is 13.1 Å². The number of benzene rings is 1. The Balaban J connectivity index is 0.000000265. The van der Waals surface area contributed by atoms with Gasteiger partial charge in [0.25, 0.3) is 12.3 Å². The summed E-state index contributed by atoms with van der Waals surface area (Å²) in [4.78, 5) is 26.2. The lowest BCUT2D eigenvalue weighted by molar-refractivity contribution is -0.274. The van der Waals surface area contributed by atoms with Crippen LogP contribution in [0.3, 0.4) is 0 Å². The van der Waals surface area contributed by atoms with E-state index < -0.39 is 35.8 Å². The lowest BCUT2D eigenvalue weighted by Crippen LogP contribution is -2.38. The normalized spacial score (nSPS) is 18.9. The third-order valence-electron chi connectivity index (χ3n) is 6.89. The molecular formula is C29H35F5N4O5. The Morgan fingerprint density at radius 1 is 1.19 bits per heavy atom. The van der Waals surface area contributed by atoms with Gasteiger partial charge in [-0.25, -0.2) is 18.7 Å². The summed E-state index contributed by atoms with van der Waals surface area (Å²) in [7, 11) is 0. The number of alkyl halides is 5. The molecule has 1 unspecified atom stereocenters. The molecule has 2 aromatic heterocycles. The molecule has 236 valence electrons. The summed E-state index contributed by atoms with van der Waals surface area (Å²) in [6.07, 6.45) is -3.11. The Labute approximate surface area is 245 Å². The minimum atomic E-state index is -4.68. The summed E-state index contributed by atoms with van der Waals surface area (Å²) in [6.45, 7) is 11.7. The van der Waals surface area contributed by atoms with Crippen molar-refractivity contribution in [2.24, 2.45) is 16.8 Å². The van der Waals surface area contributed by atoms with Crippen LogP contribution in [0.5, 0.6) is 5.75 Å². The van der Waals surface area contributed by atoms with Crippen LogP contribution in [-0.2, 0) is 5.60 Å². The van der Waals surface area contributed by atoms with E-state index in [2.05, 4.69) is 33.5 Å². The summed E-state index contributed by atoms with van der Waals surface area (Å²) in [6, 6.07) is 3.69. The van der Waals surface area contributed by atoms with Crippen molar-refractivity contribution in [3.8, 4) is 5.75 Å². The SMILES string of the molecule is CC.CC1CC=NC2=C(CCN(C(=O)c3oc(C(C)(C)O)nc3C(F)F)C2)[C@H]1C.FC(F)(F)Oc1ccc2ocnc2c1. The maximum Gasteiger partial charge on any atom is 0.573 e. The molecule has 43 heavy (non-hydrogen) atoms. The molecule has 2 atom stereocenters. The van der Waals surface area contributed by atoms with Gasteiger partial charge in [0.1, 0.15) is 16.9 Å². The van der Waals surface area contributed by atoms with Gasteiger partial charge in [-0.2, -0.15) is 0 Å². The first-order valence-electron chi connectivity index (χ1n) is 13.8. The Morgan fingerprint density at radius 2 is 1.88 bits per heavy atom. The monoisotopic (exact) mass is 614 g/mol. The van der Waals surface area contributed by atoms with Crippen molar-refractivity contribution < 1.29 is 45.4 Å². The molecule has 0 aliphatic carbocycles. The number of rotatable bonds is 4. The summed E-state index contributed by atoms with van der Waals surface area (Å²) in [5.41, 5.74) is 0.502. The highest BCUT2D eigenvalue weighted by Gasteiger charge is 2.36. The minimum Gasteiger partial charge on any atom is -0.443 e. The van der Waals surface area contributed by atoms with Gasteiger partial charge in [-0.05, 0) is 56.2 Å². The Morgan fingerprint density at radius 3 is 2.51 bits per heavy atom. The molecule has 4 heterocycles. The smallest absolute Gasteiger partial charge is 0.443 e. The van der Waals surface area contributed by atoms with Gasteiger partial charge < -0.3 is 23.6 Å². The minimum absolute atomic E-state index is 0.253. The number of carbonyl (C=O) groups excluding carboxylic acids is 1. The summed E-state index contributed by atoms with van der Waals surface area (Å²) >= 11 is 0. The second-order valence-corrected chi connectivity index (χ2v) is 10.4. The molecule has 1 aromatic carbocycles. The largest absolute Gasteiger partial charge is 0.573 e. The second kappa shape index (κ2) is 13.7. The van der Waals surface area contributed by atoms with Gasteiger partial charge in [0.15, 0.2) is 17.7 Å². The van der Waals surface area contributed by atoms with E-state index in [0.29, 0.717) is 35.9 Å². The van der Waals surface area contributed by atoms with Crippen molar-refractivity contribution >= 4 is 23.2 Å². The summed E-state index contributed by atoms with van der Waals surface area (Å²) in [5, 5.41) is 9.99. The number of halogens is 5. The first-order valence-corrected chi connectivity index (χ1v) is 13.8. The average molecular weight is 615 g/mol. The first kappa shape index (κ1) is 33.7. The number of nitrogens with zero attached hydrogens (tertiary/aromatic N) is 4. The van der Waals surface area contributed by atoms with E-state index in [1.807, 2.05) is 20.1 Å². The fourth-order valence-electron chi connectivity index (χ4n) is 4.50. The molecule has 0 bridgehead atoms. The van der Waals surface area contributed by atoms with Crippen LogP contribution >= 0.6 is 0 Å². The highest BCUT2D eigenvalue weighted by molar-refractivity contribution is 5.93. The van der Waals surface area contributed by atoms with Crippen LogP contribution in [-0.4, -0.2) is 51.5 Å². The van der Waals surface area contributed by atoms with Crippen LogP contribution in [0.4, 0.5) is 22.0 Å². The van der Waals surface area contributed by atoms with Gasteiger partial charge in [0.2, 0.25) is 11.7 Å². The van der Waals surface area contributed by atoms with E-state index in [9.17, 15) is 31.9 Å². The maximum atomic E-state index is 13.4. The molecule has 0 saturated carbocycles. The average Bonchev–Trinajstić information content (AvgIpc) is 3.57. The Kier molecular flexibility index (Phi) is 10.7. The Bertz CT molecular complexity index is 1460. The van der Waals surface area contributed by atoms with Crippen LogP contribution in [0.1, 0.15) is 82.9 Å². The molecule has 0 fully saturated rings. The first-order chi connectivity index (χ1) is 20.1. The van der Waals surface area contributed by atoms with E-state index in [0.717, 1.165) is 24.6 Å². The number of aromatic nitrogens is 2. The molecule has 1 amide bonds. The molecule has 1 N–H and O–H groups in total. The van der Waals surface area contributed by atoms with Gasteiger partial charge >= 0.3 is 6.36 Å². The predicted molar refractivity (Wildman–Crippen MR) is 148 cm³/mol. The number of amides is 1. The number of carbonyl (C=O) groups is 1. The van der Waals surface area contributed by atoms with E-state index in [-0.39, 0.29) is 18.2 Å². The molecule has 2 aliphatic heterocycles. The molecule has 0 radical (unpaired) electrons. The van der Waals surface area contributed by atoms with Crippen molar-refractivity contribution in [3.63, 3.8) is 0 Å². The molecule has 5 rings (SSSR count). The van der Waals surface area contributed by atoms with Gasteiger partial charge in [-0.15, -0.1) is 13.2 Å². The molecule has 3 aromatic rings. The van der Waals surface area contributed by atoms with Crippen LogP contribution in [0, 0.1) is 11.8 Å². The van der Waals surface area contributed by atoms with Gasteiger partial charge in [-0.3, -0.25) is 9.79 Å². The third kappa shape index (κ3) is 8.39. The van der Waals surface area contributed by atoms with E-state index in [1.54, 1.807) is 0 Å². The zero-order valence-corrected chi connectivity index (χ0v) is 24.7. The fourth-order valence-corrected chi connectivity index (χ4v) is 4.50. The summed E-state index contributed by atoms with van der Waals surface area (Å²) < 4.78 is 76.0. The zero-order chi connectivity index (χ0) is 32.1. The molecule has 0 spiro atoms. The van der Waals surface area contributed by atoms with Crippen molar-refractivity contribution in [2.45, 2.75) is 72.8 Å². The highest BCUT2D eigenvalue weighted by atomic mass is 19.4. The molecule has 14 heteroatoms. The van der Waals surface area contributed by atoms with Crippen molar-refractivity contribution in [3.05, 3.63) is 53.2 Å². The second-order valence-electron chi connectivity index (χ2n) is 10.4. The molecular weight excluding hydrogens is 579 g/mol. The number of fused-ring (bicyclic) bond motifs is 1. The number of hydrogen-bond donors (Lipinski definition) is 1. The molecule has 9 nitrogen and oxygen atoms in total. The number of aliphatic hydroxyl groups is 1. The van der Waals surface area contributed by atoms with Crippen molar-refractivity contribution in [1.82, 2.24) is 14.9 Å². The van der Waals surface area contributed by atoms with Gasteiger partial charge in [0, 0.05) is 18.8 Å². The van der Waals surface area contributed by atoms with E-state index in [1.165, 1.54) is 36.5 Å².